The third-order valence-electron chi connectivity index (χ3n) is 4.10. The smallest absolute Gasteiger partial charge is 0.285 e. The van der Waals surface area contributed by atoms with Crippen molar-refractivity contribution < 1.29 is 8.78 Å². The van der Waals surface area contributed by atoms with Crippen LogP contribution >= 0.6 is 11.8 Å². The quantitative estimate of drug-likeness (QED) is 0.541. The van der Waals surface area contributed by atoms with Gasteiger partial charge in [0.05, 0.1) is 5.69 Å². The predicted molar refractivity (Wildman–Crippen MR) is 99.7 cm³/mol. The van der Waals surface area contributed by atoms with E-state index < -0.39 is 5.69 Å². The van der Waals surface area contributed by atoms with Crippen molar-refractivity contribution in [1.29, 1.82) is 0 Å². The Bertz CT molecular complexity index is 1180. The molecule has 0 unspecified atom stereocenters. The highest BCUT2D eigenvalue weighted by Crippen LogP contribution is 2.28. The van der Waals surface area contributed by atoms with Gasteiger partial charge in [-0.25, -0.2) is 18.6 Å². The minimum atomic E-state index is -0.438. The minimum Gasteiger partial charge on any atom is -0.285 e. The van der Waals surface area contributed by atoms with Gasteiger partial charge in [0.15, 0.2) is 10.8 Å². The van der Waals surface area contributed by atoms with Gasteiger partial charge < -0.3 is 0 Å². The zero-order chi connectivity index (χ0) is 19.0. The maximum absolute atomic E-state index is 13.8. The van der Waals surface area contributed by atoms with E-state index in [-0.39, 0.29) is 11.6 Å². The lowest BCUT2D eigenvalue weighted by atomic mass is 10.1. The van der Waals surface area contributed by atoms with Gasteiger partial charge in [-0.05, 0) is 36.2 Å². The number of fused-ring (bicyclic) bond motifs is 1. The van der Waals surface area contributed by atoms with Gasteiger partial charge in [-0.3, -0.25) is 4.98 Å². The number of aromatic nitrogens is 4. The maximum Gasteiger partial charge on any atom is 0.350 e. The van der Waals surface area contributed by atoms with E-state index in [1.807, 2.05) is 0 Å². The molecule has 4 rings (SSSR count). The van der Waals surface area contributed by atoms with Crippen molar-refractivity contribution in [3.63, 3.8) is 0 Å². The fourth-order valence-corrected chi connectivity index (χ4v) is 3.65. The molecule has 5 nitrogen and oxygen atoms in total. The van der Waals surface area contributed by atoms with Crippen LogP contribution in [0.4, 0.5) is 8.78 Å². The zero-order valence-electron chi connectivity index (χ0n) is 14.2. The van der Waals surface area contributed by atoms with E-state index in [0.29, 0.717) is 38.9 Å². The second kappa shape index (κ2) is 6.96. The van der Waals surface area contributed by atoms with Crippen molar-refractivity contribution in [1.82, 2.24) is 19.6 Å². The molecule has 0 aliphatic carbocycles. The normalized spacial score (nSPS) is 11.2. The average Bonchev–Trinajstić information content (AvgIpc) is 2.98. The summed E-state index contributed by atoms with van der Waals surface area (Å²) in [5, 5.41) is 4.59. The molecule has 0 radical (unpaired) electrons. The number of aryl methyl sites for hydroxylation is 1. The van der Waals surface area contributed by atoms with Crippen LogP contribution in [0.1, 0.15) is 11.3 Å². The molecule has 0 aliphatic heterocycles. The Kier molecular flexibility index (Phi) is 4.49. The van der Waals surface area contributed by atoms with Crippen molar-refractivity contribution in [3.8, 4) is 11.1 Å². The molecule has 2 aromatic heterocycles. The third-order valence-corrected chi connectivity index (χ3v) is 5.03. The van der Waals surface area contributed by atoms with E-state index in [4.69, 9.17) is 0 Å². The molecule has 4 aromatic rings. The largest absolute Gasteiger partial charge is 0.350 e. The van der Waals surface area contributed by atoms with Crippen LogP contribution in [-0.2, 0) is 5.75 Å². The number of H-pyrrole nitrogens is 1. The second-order valence-electron chi connectivity index (χ2n) is 5.93. The average molecular weight is 384 g/mol. The number of hydrogen-bond acceptors (Lipinski definition) is 4. The van der Waals surface area contributed by atoms with E-state index in [1.165, 1.54) is 34.5 Å². The van der Waals surface area contributed by atoms with Crippen molar-refractivity contribution >= 4 is 17.4 Å². The molecule has 2 aromatic carbocycles. The molecule has 0 spiro atoms. The predicted octanol–water partition coefficient (Wildman–Crippen LogP) is 3.96. The van der Waals surface area contributed by atoms with Crippen LogP contribution in [0.15, 0.2) is 58.5 Å². The van der Waals surface area contributed by atoms with Gasteiger partial charge in [0.1, 0.15) is 11.6 Å². The van der Waals surface area contributed by atoms with E-state index in [1.54, 1.807) is 37.3 Å². The van der Waals surface area contributed by atoms with Gasteiger partial charge in [-0.2, -0.15) is 9.61 Å². The highest BCUT2D eigenvalue weighted by Gasteiger charge is 2.16. The minimum absolute atomic E-state index is 0.305. The highest BCUT2D eigenvalue weighted by atomic mass is 32.2. The molecule has 136 valence electrons. The number of benzene rings is 2. The van der Waals surface area contributed by atoms with Crippen molar-refractivity contribution in [2.24, 2.45) is 0 Å². The SMILES string of the molecule is Cc1nn2c(=O)[nH]c(SCc3ccccc3F)nc2c1-c1ccc(F)cc1. The molecule has 0 saturated carbocycles. The monoisotopic (exact) mass is 384 g/mol. The summed E-state index contributed by atoms with van der Waals surface area (Å²) in [6.07, 6.45) is 0. The molecule has 0 atom stereocenters. The number of nitrogens with zero attached hydrogens (tertiary/aromatic N) is 3. The van der Waals surface area contributed by atoms with Crippen LogP contribution in [0, 0.1) is 18.6 Å². The molecule has 0 bridgehead atoms. The summed E-state index contributed by atoms with van der Waals surface area (Å²) >= 11 is 1.22. The van der Waals surface area contributed by atoms with Gasteiger partial charge >= 0.3 is 5.69 Å². The first-order valence-electron chi connectivity index (χ1n) is 8.15. The molecule has 8 heteroatoms. The van der Waals surface area contributed by atoms with E-state index >= 15 is 0 Å². The number of hydrogen-bond donors (Lipinski definition) is 1. The summed E-state index contributed by atoms with van der Waals surface area (Å²) in [5.41, 5.74) is 2.44. The van der Waals surface area contributed by atoms with Gasteiger partial charge in [0, 0.05) is 11.3 Å². The molecule has 1 N–H and O–H groups in total. The fraction of sp³-hybridized carbons (Fsp3) is 0.105. The number of halogens is 2. The lowest BCUT2D eigenvalue weighted by molar-refractivity contribution is 0.617. The van der Waals surface area contributed by atoms with Crippen LogP contribution in [0.2, 0.25) is 0 Å². The number of rotatable bonds is 4. The number of aromatic amines is 1. The molecule has 0 amide bonds. The Balaban J connectivity index is 1.76. The second-order valence-corrected chi connectivity index (χ2v) is 6.89. The molecule has 2 heterocycles. The fourth-order valence-electron chi connectivity index (χ4n) is 2.81. The maximum atomic E-state index is 13.8. The molecular weight excluding hydrogens is 370 g/mol. The molecule has 27 heavy (non-hydrogen) atoms. The summed E-state index contributed by atoms with van der Waals surface area (Å²) in [5.74, 6) is -0.328. The summed E-state index contributed by atoms with van der Waals surface area (Å²) in [6.45, 7) is 1.76. The van der Waals surface area contributed by atoms with Crippen LogP contribution in [-0.4, -0.2) is 19.6 Å². The molecule has 0 saturated heterocycles. The van der Waals surface area contributed by atoms with Crippen LogP contribution in [0.3, 0.4) is 0 Å². The molecular formula is C19H14F2N4OS. The Hall–Kier alpha value is -3.00. The summed E-state index contributed by atoms with van der Waals surface area (Å²) in [7, 11) is 0. The highest BCUT2D eigenvalue weighted by molar-refractivity contribution is 7.98. The Morgan fingerprint density at radius 3 is 2.59 bits per heavy atom. The Morgan fingerprint density at radius 1 is 1.11 bits per heavy atom. The number of nitrogens with one attached hydrogen (secondary N) is 1. The summed E-state index contributed by atoms with van der Waals surface area (Å²) in [6, 6.07) is 12.4. The van der Waals surface area contributed by atoms with Crippen molar-refractivity contribution in [2.75, 3.05) is 0 Å². The molecule has 0 fully saturated rings. The lowest BCUT2D eigenvalue weighted by Crippen LogP contribution is -2.19. The Morgan fingerprint density at radius 2 is 1.85 bits per heavy atom. The first-order valence-corrected chi connectivity index (χ1v) is 9.13. The van der Waals surface area contributed by atoms with Gasteiger partial charge in [-0.1, -0.05) is 42.1 Å². The first kappa shape index (κ1) is 17.4. The Labute approximate surface area is 157 Å². The summed E-state index contributed by atoms with van der Waals surface area (Å²) < 4.78 is 28.2. The zero-order valence-corrected chi connectivity index (χ0v) is 15.1. The summed E-state index contributed by atoms with van der Waals surface area (Å²) in [4.78, 5) is 19.5. The van der Waals surface area contributed by atoms with Gasteiger partial charge in [-0.15, -0.1) is 0 Å². The topological polar surface area (TPSA) is 63.1 Å². The van der Waals surface area contributed by atoms with Crippen LogP contribution < -0.4 is 5.69 Å². The van der Waals surface area contributed by atoms with Crippen LogP contribution in [0.5, 0.6) is 0 Å². The molecule has 0 aliphatic rings. The van der Waals surface area contributed by atoms with Crippen molar-refractivity contribution in [2.45, 2.75) is 17.8 Å². The van der Waals surface area contributed by atoms with Crippen molar-refractivity contribution in [3.05, 3.63) is 81.9 Å². The van der Waals surface area contributed by atoms with Gasteiger partial charge in [0.2, 0.25) is 0 Å². The van der Waals surface area contributed by atoms with E-state index in [2.05, 4.69) is 15.1 Å². The standard InChI is InChI=1S/C19H14F2N4OS/c1-11-16(12-6-8-14(20)9-7-12)17-22-18(23-19(26)25(17)24-11)27-10-13-4-2-3-5-15(13)21/h2-9H,10H2,1H3,(H,22,23,26). The van der Waals surface area contributed by atoms with E-state index in [0.717, 1.165) is 0 Å². The lowest BCUT2D eigenvalue weighted by Gasteiger charge is -2.04. The third kappa shape index (κ3) is 3.35. The van der Waals surface area contributed by atoms with Gasteiger partial charge in [0.25, 0.3) is 0 Å². The first-order chi connectivity index (χ1) is 13.0. The van der Waals surface area contributed by atoms with Crippen LogP contribution in [0.25, 0.3) is 16.8 Å². The number of thioether (sulfide) groups is 1. The van der Waals surface area contributed by atoms with E-state index in [9.17, 15) is 13.6 Å².